The van der Waals surface area contributed by atoms with E-state index in [2.05, 4.69) is 10.2 Å². The van der Waals surface area contributed by atoms with Gasteiger partial charge in [-0.05, 0) is 49.6 Å². The average Bonchev–Trinajstić information content (AvgIpc) is 2.82. The highest BCUT2D eigenvalue weighted by atomic mass is 35.5. The number of nitrogens with two attached hydrogens (primary N) is 1. The third-order valence-electron chi connectivity index (χ3n) is 5.99. The van der Waals surface area contributed by atoms with Crippen molar-refractivity contribution in [2.75, 3.05) is 32.5 Å². The highest BCUT2D eigenvalue weighted by molar-refractivity contribution is 6.33. The van der Waals surface area contributed by atoms with Crippen molar-refractivity contribution in [2.24, 2.45) is 17.8 Å². The van der Waals surface area contributed by atoms with Crippen LogP contribution < -0.4 is 15.8 Å². The molecule has 4 fully saturated rings. The number of ether oxygens (including phenoxy) is 1. The second-order valence-electron chi connectivity index (χ2n) is 7.48. The molecule has 24 heavy (non-hydrogen) atoms. The molecule has 5 nitrogen and oxygen atoms in total. The topological polar surface area (TPSA) is 67.6 Å². The number of piperidine rings is 1. The molecule has 1 saturated carbocycles. The summed E-state index contributed by atoms with van der Waals surface area (Å²) in [4.78, 5) is 15.4. The quantitative estimate of drug-likeness (QED) is 0.822. The molecular formula is C18H24ClN3O2. The van der Waals surface area contributed by atoms with Gasteiger partial charge in [0.2, 0.25) is 0 Å². The molecule has 0 aromatic heterocycles. The number of carbonyl (C=O) groups is 1. The minimum Gasteiger partial charge on any atom is -0.496 e. The lowest BCUT2D eigenvalue weighted by atomic mass is 9.70. The van der Waals surface area contributed by atoms with Gasteiger partial charge in [-0.25, -0.2) is 0 Å². The van der Waals surface area contributed by atoms with E-state index >= 15 is 0 Å². The zero-order chi connectivity index (χ0) is 16.8. The van der Waals surface area contributed by atoms with Crippen molar-refractivity contribution < 1.29 is 9.53 Å². The van der Waals surface area contributed by atoms with Crippen molar-refractivity contribution in [3.8, 4) is 5.75 Å². The zero-order valence-electron chi connectivity index (χ0n) is 13.9. The van der Waals surface area contributed by atoms with Gasteiger partial charge in [-0.3, -0.25) is 4.79 Å². The maximum Gasteiger partial charge on any atom is 0.255 e. The van der Waals surface area contributed by atoms with Crippen LogP contribution in [-0.4, -0.2) is 43.6 Å². The molecule has 130 valence electrons. The van der Waals surface area contributed by atoms with Crippen LogP contribution in [0.25, 0.3) is 0 Å². The number of anilines is 1. The molecule has 1 amide bonds. The first-order valence-corrected chi connectivity index (χ1v) is 9.09. The first kappa shape index (κ1) is 16.0. The van der Waals surface area contributed by atoms with Gasteiger partial charge in [-0.2, -0.15) is 0 Å². The first-order chi connectivity index (χ1) is 11.5. The number of hydrogen-bond donors (Lipinski definition) is 2. The van der Waals surface area contributed by atoms with E-state index in [0.29, 0.717) is 33.9 Å². The number of hydrogen-bond acceptors (Lipinski definition) is 4. The smallest absolute Gasteiger partial charge is 0.255 e. The molecule has 3 N–H and O–H groups in total. The Kier molecular flexibility index (Phi) is 4.09. The van der Waals surface area contributed by atoms with Crippen LogP contribution in [0.15, 0.2) is 12.1 Å². The predicted octanol–water partition coefficient (Wildman–Crippen LogP) is 2.39. The summed E-state index contributed by atoms with van der Waals surface area (Å²) in [5.74, 6) is 2.31. The monoisotopic (exact) mass is 349 g/mol. The van der Waals surface area contributed by atoms with E-state index in [-0.39, 0.29) is 11.9 Å². The van der Waals surface area contributed by atoms with Gasteiger partial charge in [0, 0.05) is 25.2 Å². The summed E-state index contributed by atoms with van der Waals surface area (Å²) in [6.45, 7) is 3.44. The fourth-order valence-electron chi connectivity index (χ4n) is 4.91. The second-order valence-corrected chi connectivity index (χ2v) is 7.89. The van der Waals surface area contributed by atoms with Crippen LogP contribution in [-0.2, 0) is 0 Å². The molecule has 1 aliphatic carbocycles. The number of nitrogen functional groups attached to an aromatic ring is 1. The third-order valence-corrected chi connectivity index (χ3v) is 6.32. The predicted molar refractivity (Wildman–Crippen MR) is 94.4 cm³/mol. The van der Waals surface area contributed by atoms with Crippen LogP contribution in [0.1, 0.15) is 29.6 Å². The molecule has 1 aromatic carbocycles. The number of rotatable bonds is 3. The van der Waals surface area contributed by atoms with Crippen LogP contribution in [0.4, 0.5) is 5.69 Å². The molecule has 4 bridgehead atoms. The number of nitrogens with one attached hydrogen (secondary N) is 1. The van der Waals surface area contributed by atoms with Crippen LogP contribution in [0, 0.1) is 17.8 Å². The largest absolute Gasteiger partial charge is 0.496 e. The Hall–Kier alpha value is -1.46. The third kappa shape index (κ3) is 2.74. The minimum absolute atomic E-state index is 0.111. The Morgan fingerprint density at radius 2 is 2.04 bits per heavy atom. The Morgan fingerprint density at radius 1 is 1.33 bits per heavy atom. The molecule has 1 aromatic rings. The molecule has 3 heterocycles. The van der Waals surface area contributed by atoms with E-state index in [1.54, 1.807) is 19.2 Å². The highest BCUT2D eigenvalue weighted by Crippen LogP contribution is 2.43. The Balaban J connectivity index is 1.56. The molecule has 0 radical (unpaired) electrons. The summed E-state index contributed by atoms with van der Waals surface area (Å²) < 4.78 is 5.32. The molecule has 5 atom stereocenters. The number of carbonyl (C=O) groups excluding carboxylic acids is 1. The number of benzene rings is 1. The van der Waals surface area contributed by atoms with Gasteiger partial charge in [0.05, 0.1) is 23.4 Å². The van der Waals surface area contributed by atoms with E-state index in [9.17, 15) is 4.79 Å². The van der Waals surface area contributed by atoms with E-state index < -0.39 is 0 Å². The van der Waals surface area contributed by atoms with Crippen LogP contribution >= 0.6 is 11.6 Å². The molecule has 6 heteroatoms. The SMILES string of the molecule is COc1cc(N)c(Cl)cc1C(=O)NC1C2CC3CCN(C2)C[C@H]1C3. The molecule has 4 unspecified atom stereocenters. The van der Waals surface area contributed by atoms with Gasteiger partial charge in [0.25, 0.3) is 5.91 Å². The van der Waals surface area contributed by atoms with Gasteiger partial charge >= 0.3 is 0 Å². The lowest BCUT2D eigenvalue weighted by Gasteiger charge is -2.46. The number of fused-ring (bicyclic) bond motifs is 1. The average molecular weight is 350 g/mol. The number of halogens is 1. The fourth-order valence-corrected chi connectivity index (χ4v) is 5.07. The maximum absolute atomic E-state index is 12.9. The van der Waals surface area contributed by atoms with Crippen molar-refractivity contribution in [3.63, 3.8) is 0 Å². The minimum atomic E-state index is -0.111. The normalized spacial score (nSPS) is 34.0. The van der Waals surface area contributed by atoms with Crippen LogP contribution in [0.2, 0.25) is 5.02 Å². The summed E-state index contributed by atoms with van der Waals surface area (Å²) in [5.41, 5.74) is 6.69. The summed E-state index contributed by atoms with van der Waals surface area (Å²) in [5, 5.41) is 3.67. The van der Waals surface area contributed by atoms with E-state index in [1.807, 2.05) is 0 Å². The van der Waals surface area contributed by atoms with Crippen molar-refractivity contribution in [3.05, 3.63) is 22.7 Å². The highest BCUT2D eigenvalue weighted by Gasteiger charge is 2.45. The molecule has 0 spiro atoms. The molecular weight excluding hydrogens is 326 g/mol. The lowest BCUT2D eigenvalue weighted by molar-refractivity contribution is 0.0510. The lowest BCUT2D eigenvalue weighted by Crippen LogP contribution is -2.57. The molecule has 3 aliphatic heterocycles. The Morgan fingerprint density at radius 3 is 2.71 bits per heavy atom. The molecule has 5 rings (SSSR count). The number of methoxy groups -OCH3 is 1. The Bertz CT molecular complexity index is 634. The van der Waals surface area contributed by atoms with Gasteiger partial charge in [0.15, 0.2) is 0 Å². The van der Waals surface area contributed by atoms with E-state index in [4.69, 9.17) is 22.1 Å². The number of nitrogens with zero attached hydrogens (tertiary/aromatic N) is 1. The summed E-state index contributed by atoms with van der Waals surface area (Å²) >= 11 is 6.10. The summed E-state index contributed by atoms with van der Waals surface area (Å²) in [7, 11) is 1.54. The molecule has 3 saturated heterocycles. The van der Waals surface area contributed by atoms with E-state index in [0.717, 1.165) is 19.0 Å². The molecule has 4 aliphatic rings. The zero-order valence-corrected chi connectivity index (χ0v) is 14.7. The second kappa shape index (κ2) is 6.12. The van der Waals surface area contributed by atoms with Crippen LogP contribution in [0.5, 0.6) is 5.75 Å². The van der Waals surface area contributed by atoms with Crippen molar-refractivity contribution >= 4 is 23.2 Å². The summed E-state index contributed by atoms with van der Waals surface area (Å²) in [6.07, 6.45) is 3.78. The van der Waals surface area contributed by atoms with Gasteiger partial charge in [0.1, 0.15) is 5.75 Å². The summed E-state index contributed by atoms with van der Waals surface area (Å²) in [6, 6.07) is 3.48. The maximum atomic E-state index is 12.9. The fraction of sp³-hybridized carbons (Fsp3) is 0.611. The number of amides is 1. The van der Waals surface area contributed by atoms with Gasteiger partial charge < -0.3 is 20.7 Å². The van der Waals surface area contributed by atoms with Crippen molar-refractivity contribution in [2.45, 2.75) is 25.3 Å². The Labute approximate surface area is 147 Å². The van der Waals surface area contributed by atoms with Crippen molar-refractivity contribution in [1.29, 1.82) is 0 Å². The van der Waals surface area contributed by atoms with Crippen molar-refractivity contribution in [1.82, 2.24) is 10.2 Å². The van der Waals surface area contributed by atoms with E-state index in [1.165, 1.54) is 25.8 Å². The standard InChI is InChI=1S/C18H24ClN3O2/c1-24-16-7-15(20)14(19)6-13(16)18(23)21-17-11-4-10-2-3-22(8-11)9-12(17)5-10/h6-7,10-12,17H,2-5,8-9,20H2,1H3,(H,21,23)/t10?,11-,12?,17?/m1/s1. The first-order valence-electron chi connectivity index (χ1n) is 8.71. The van der Waals surface area contributed by atoms with Gasteiger partial charge in [-0.15, -0.1) is 0 Å². The van der Waals surface area contributed by atoms with Gasteiger partial charge in [-0.1, -0.05) is 11.6 Å². The van der Waals surface area contributed by atoms with Crippen LogP contribution in [0.3, 0.4) is 0 Å².